The zero-order chi connectivity index (χ0) is 28.2. The highest BCUT2D eigenvalue weighted by atomic mass is 16.5. The Morgan fingerprint density at radius 3 is 2.44 bits per heavy atom. The molecule has 0 unspecified atom stereocenters. The summed E-state index contributed by atoms with van der Waals surface area (Å²) in [6.07, 6.45) is 2.36. The highest BCUT2D eigenvalue weighted by Crippen LogP contribution is 2.30. The van der Waals surface area contributed by atoms with Crippen LogP contribution in [0.4, 0.5) is 5.69 Å². The van der Waals surface area contributed by atoms with Gasteiger partial charge in [0.1, 0.15) is 6.33 Å². The third-order valence-corrected chi connectivity index (χ3v) is 7.78. The van der Waals surface area contributed by atoms with E-state index in [-0.39, 0.29) is 17.5 Å². The van der Waals surface area contributed by atoms with Crippen molar-refractivity contribution in [2.45, 2.75) is 12.5 Å². The average Bonchev–Trinajstić information content (AvgIpc) is 3.48. The molecule has 0 radical (unpaired) electrons. The molecule has 3 heterocycles. The molecule has 1 aromatic heterocycles. The summed E-state index contributed by atoms with van der Waals surface area (Å²) in [5.74, 6) is -1.06. The fourth-order valence-electron chi connectivity index (χ4n) is 5.64. The number of imidazole rings is 1. The van der Waals surface area contributed by atoms with Crippen LogP contribution in [0.25, 0.3) is 16.9 Å². The number of carbonyl (C=O) groups is 2. The summed E-state index contributed by atoms with van der Waals surface area (Å²) >= 11 is 0. The topological polar surface area (TPSA) is 99.9 Å². The Morgan fingerprint density at radius 1 is 0.927 bits per heavy atom. The van der Waals surface area contributed by atoms with Crippen LogP contribution < -0.4 is 10.2 Å². The van der Waals surface area contributed by atoms with Gasteiger partial charge in [0.05, 0.1) is 24.5 Å². The van der Waals surface area contributed by atoms with Gasteiger partial charge in [0, 0.05) is 55.7 Å². The molecule has 3 aromatic carbocycles. The molecule has 2 fully saturated rings. The van der Waals surface area contributed by atoms with Gasteiger partial charge < -0.3 is 25.0 Å². The van der Waals surface area contributed by atoms with Gasteiger partial charge in [-0.25, -0.2) is 9.78 Å². The number of anilines is 1. The normalized spacial score (nSPS) is 17.4. The molecule has 9 heteroatoms. The lowest BCUT2D eigenvalue weighted by molar-refractivity contribution is 0.0630. The van der Waals surface area contributed by atoms with Crippen LogP contribution in [-0.4, -0.2) is 83.4 Å². The van der Waals surface area contributed by atoms with Gasteiger partial charge in [-0.1, -0.05) is 48.5 Å². The zero-order valence-corrected chi connectivity index (χ0v) is 22.8. The molecule has 6 rings (SSSR count). The number of amides is 1. The molecule has 0 bridgehead atoms. The molecule has 0 saturated carbocycles. The molecular formula is C32H33N5O4. The van der Waals surface area contributed by atoms with Gasteiger partial charge in [0.2, 0.25) is 0 Å². The molecular weight excluding hydrogens is 518 g/mol. The number of hydrogen-bond acceptors (Lipinski definition) is 6. The smallest absolute Gasteiger partial charge is 0.335 e. The van der Waals surface area contributed by atoms with Crippen molar-refractivity contribution in [1.82, 2.24) is 19.8 Å². The molecule has 41 heavy (non-hydrogen) atoms. The fraction of sp³-hybridized carbons (Fsp3) is 0.281. The van der Waals surface area contributed by atoms with E-state index in [1.807, 2.05) is 64.1 Å². The number of carboxylic acids is 1. The Kier molecular flexibility index (Phi) is 7.80. The Bertz CT molecular complexity index is 1510. The number of ether oxygens (including phenoxy) is 1. The summed E-state index contributed by atoms with van der Waals surface area (Å²) in [6, 6.07) is 25.0. The third kappa shape index (κ3) is 5.73. The van der Waals surface area contributed by atoms with Gasteiger partial charge in [-0.2, -0.15) is 0 Å². The van der Waals surface area contributed by atoms with Gasteiger partial charge in [-0.3, -0.25) is 9.36 Å². The summed E-state index contributed by atoms with van der Waals surface area (Å²) in [6.45, 7) is 5.00. The first kappa shape index (κ1) is 26.7. The van der Waals surface area contributed by atoms with Gasteiger partial charge in [0.25, 0.3) is 5.91 Å². The predicted molar refractivity (Wildman–Crippen MR) is 157 cm³/mol. The summed E-state index contributed by atoms with van der Waals surface area (Å²) in [5, 5.41) is 12.7. The van der Waals surface area contributed by atoms with E-state index in [0.717, 1.165) is 41.3 Å². The molecule has 0 spiro atoms. The van der Waals surface area contributed by atoms with Crippen LogP contribution in [0, 0.1) is 0 Å². The summed E-state index contributed by atoms with van der Waals surface area (Å²) in [5.41, 5.74) is 5.38. The van der Waals surface area contributed by atoms with E-state index in [2.05, 4.69) is 22.3 Å². The first-order valence-electron chi connectivity index (χ1n) is 14.0. The number of aromatic nitrogens is 2. The number of piperazine rings is 1. The molecule has 1 amide bonds. The van der Waals surface area contributed by atoms with Crippen LogP contribution in [0.1, 0.15) is 26.4 Å². The average molecular weight is 552 g/mol. The van der Waals surface area contributed by atoms with Crippen molar-refractivity contribution < 1.29 is 19.4 Å². The molecule has 2 aliphatic heterocycles. The second-order valence-electron chi connectivity index (χ2n) is 10.4. The lowest BCUT2D eigenvalue weighted by Crippen LogP contribution is -2.54. The number of carbonyl (C=O) groups excluding carboxylic acids is 1. The molecule has 4 aromatic rings. The maximum atomic E-state index is 14.2. The molecule has 0 aliphatic carbocycles. The van der Waals surface area contributed by atoms with Crippen LogP contribution in [-0.2, 0) is 11.2 Å². The minimum Gasteiger partial charge on any atom is -0.478 e. The Labute approximate surface area is 239 Å². The van der Waals surface area contributed by atoms with Crippen molar-refractivity contribution >= 4 is 17.6 Å². The number of hydrogen-bond donors (Lipinski definition) is 2. The fourth-order valence-corrected chi connectivity index (χ4v) is 5.64. The number of rotatable bonds is 7. The second-order valence-corrected chi connectivity index (χ2v) is 10.4. The van der Waals surface area contributed by atoms with Gasteiger partial charge in [-0.15, -0.1) is 0 Å². The van der Waals surface area contributed by atoms with E-state index in [1.165, 1.54) is 0 Å². The molecule has 1 atom stereocenters. The first-order chi connectivity index (χ1) is 20.1. The van der Waals surface area contributed by atoms with E-state index in [0.29, 0.717) is 45.0 Å². The molecule has 2 aliphatic rings. The molecule has 2 saturated heterocycles. The van der Waals surface area contributed by atoms with Gasteiger partial charge >= 0.3 is 5.97 Å². The molecule has 9 nitrogen and oxygen atoms in total. The van der Waals surface area contributed by atoms with Crippen molar-refractivity contribution in [2.75, 3.05) is 50.8 Å². The lowest BCUT2D eigenvalue weighted by atomic mass is 10.0. The Morgan fingerprint density at radius 2 is 1.68 bits per heavy atom. The van der Waals surface area contributed by atoms with E-state index < -0.39 is 5.97 Å². The summed E-state index contributed by atoms with van der Waals surface area (Å²) < 4.78 is 7.54. The highest BCUT2D eigenvalue weighted by molar-refractivity contribution is 5.99. The zero-order valence-electron chi connectivity index (χ0n) is 22.8. The quantitative estimate of drug-likeness (QED) is 0.361. The van der Waals surface area contributed by atoms with E-state index in [4.69, 9.17) is 9.72 Å². The van der Waals surface area contributed by atoms with Crippen molar-refractivity contribution in [2.24, 2.45) is 0 Å². The maximum absolute atomic E-state index is 14.2. The Balaban J connectivity index is 1.34. The SMILES string of the molecule is O=C(O)c1ccc(C[C@@H]2CNCCN2C(=O)c2ncn(-c3cccc(N4CCOCC4)c3)c2-c2ccccc2)cc1. The van der Waals surface area contributed by atoms with Gasteiger partial charge in [0.15, 0.2) is 5.69 Å². The lowest BCUT2D eigenvalue weighted by Gasteiger charge is -2.36. The standard InChI is InChI=1S/C32H33N5O4/c38-31(36-14-13-33-21-28(36)19-23-9-11-25(12-10-23)32(39)40)29-30(24-5-2-1-3-6-24)37(22-34-29)27-8-4-7-26(20-27)35-15-17-41-18-16-35/h1-12,20,22,28,33H,13-19,21H2,(H,39,40)/t28-/m1/s1. The Hall–Kier alpha value is -4.47. The largest absolute Gasteiger partial charge is 0.478 e. The summed E-state index contributed by atoms with van der Waals surface area (Å²) in [4.78, 5) is 34.4. The number of carboxylic acid groups (broad SMARTS) is 1. The molecule has 2 N–H and O–H groups in total. The number of morpholine rings is 1. The van der Waals surface area contributed by atoms with E-state index in [1.54, 1.807) is 18.5 Å². The number of nitrogens with one attached hydrogen (secondary N) is 1. The van der Waals surface area contributed by atoms with E-state index >= 15 is 0 Å². The van der Waals surface area contributed by atoms with Crippen molar-refractivity contribution in [3.8, 4) is 16.9 Å². The highest BCUT2D eigenvalue weighted by Gasteiger charge is 2.31. The first-order valence-corrected chi connectivity index (χ1v) is 14.0. The van der Waals surface area contributed by atoms with Crippen LogP contribution in [0.15, 0.2) is 85.2 Å². The van der Waals surface area contributed by atoms with E-state index in [9.17, 15) is 14.7 Å². The third-order valence-electron chi connectivity index (χ3n) is 7.78. The van der Waals surface area contributed by atoms with Crippen LogP contribution in [0.3, 0.4) is 0 Å². The van der Waals surface area contributed by atoms with Crippen LogP contribution in [0.5, 0.6) is 0 Å². The van der Waals surface area contributed by atoms with Crippen molar-refractivity contribution in [3.63, 3.8) is 0 Å². The number of aromatic carboxylic acids is 1. The maximum Gasteiger partial charge on any atom is 0.335 e. The van der Waals surface area contributed by atoms with Crippen molar-refractivity contribution in [3.05, 3.63) is 102 Å². The monoisotopic (exact) mass is 551 g/mol. The van der Waals surface area contributed by atoms with Gasteiger partial charge in [-0.05, 0) is 42.3 Å². The van der Waals surface area contributed by atoms with Crippen molar-refractivity contribution in [1.29, 1.82) is 0 Å². The summed E-state index contributed by atoms with van der Waals surface area (Å²) in [7, 11) is 0. The van der Waals surface area contributed by atoms with Crippen LogP contribution >= 0.6 is 0 Å². The second kappa shape index (κ2) is 12.0. The number of nitrogens with zero attached hydrogens (tertiary/aromatic N) is 4. The predicted octanol–water partition coefficient (Wildman–Crippen LogP) is 3.73. The number of benzene rings is 3. The van der Waals surface area contributed by atoms with Crippen LogP contribution in [0.2, 0.25) is 0 Å². The molecule has 210 valence electrons. The minimum absolute atomic E-state index is 0.0923. The minimum atomic E-state index is -0.952.